The molecule has 1 saturated carbocycles. The zero-order valence-corrected chi connectivity index (χ0v) is 12.4. The number of halogens is 3. The van der Waals surface area contributed by atoms with E-state index in [4.69, 9.17) is 4.74 Å². The molecule has 0 radical (unpaired) electrons. The number of hydrogen-bond acceptors (Lipinski definition) is 4. The summed E-state index contributed by atoms with van der Waals surface area (Å²) in [5.74, 6) is -0.674. The van der Waals surface area contributed by atoms with Crippen LogP contribution in [-0.4, -0.2) is 17.4 Å². The van der Waals surface area contributed by atoms with Crippen molar-refractivity contribution in [2.45, 2.75) is 24.8 Å². The number of carbonyl (C=O) groups excluding carboxylic acids is 1. The number of esters is 1. The van der Waals surface area contributed by atoms with Crippen molar-refractivity contribution < 1.29 is 13.9 Å². The van der Waals surface area contributed by atoms with Crippen LogP contribution in [0.5, 0.6) is 0 Å². The van der Waals surface area contributed by atoms with E-state index < -0.39 is 11.4 Å². The van der Waals surface area contributed by atoms with Crippen LogP contribution in [0.25, 0.3) is 0 Å². The maximum atomic E-state index is 13.8. The number of carbonyl (C=O) groups is 1. The Morgan fingerprint density at radius 2 is 2.12 bits per heavy atom. The molecule has 0 amide bonds. The summed E-state index contributed by atoms with van der Waals surface area (Å²) in [7, 11) is 0. The van der Waals surface area contributed by atoms with E-state index in [1.54, 1.807) is 0 Å². The van der Waals surface area contributed by atoms with Gasteiger partial charge in [-0.1, -0.05) is 0 Å². The molecule has 1 spiro atoms. The summed E-state index contributed by atoms with van der Waals surface area (Å²) in [6, 6.07) is 0. The monoisotopic (exact) mass is 381 g/mol. The number of hydrogen-bond donors (Lipinski definition) is 0. The highest BCUT2D eigenvalue weighted by Gasteiger charge is 2.51. The minimum atomic E-state index is -0.718. The molecule has 0 unspecified atom stereocenters. The molecule has 0 aromatic carbocycles. The third kappa shape index (κ3) is 1.62. The number of rotatable bonds is 1. The van der Waals surface area contributed by atoms with Crippen molar-refractivity contribution in [1.82, 2.24) is 0 Å². The van der Waals surface area contributed by atoms with Crippen LogP contribution < -0.4 is 0 Å². The van der Waals surface area contributed by atoms with Crippen LogP contribution in [-0.2, 0) is 9.53 Å². The van der Waals surface area contributed by atoms with Crippen molar-refractivity contribution in [3.05, 3.63) is 19.0 Å². The van der Waals surface area contributed by atoms with Crippen molar-refractivity contribution in [1.29, 1.82) is 0 Å². The Kier molecular flexibility index (Phi) is 2.68. The van der Waals surface area contributed by atoms with Crippen LogP contribution in [0, 0.1) is 5.82 Å². The lowest BCUT2D eigenvalue weighted by atomic mass is 9.78. The third-order valence-corrected chi connectivity index (χ3v) is 6.38. The first-order valence-corrected chi connectivity index (χ1v) is 7.39. The standard InChI is InChI=1S/C10H6Br2FNO2S/c11-4-5(13)6(17-7(4)12)8-14-10(2-1-3-10)9(15)16-8/h1-3H2. The van der Waals surface area contributed by atoms with Gasteiger partial charge in [0.15, 0.2) is 11.4 Å². The quantitative estimate of drug-likeness (QED) is 0.695. The minimum Gasteiger partial charge on any atom is -0.404 e. The van der Waals surface area contributed by atoms with Gasteiger partial charge in [0.25, 0.3) is 0 Å². The van der Waals surface area contributed by atoms with Crippen LogP contribution in [0.1, 0.15) is 24.1 Å². The summed E-state index contributed by atoms with van der Waals surface area (Å²) in [5, 5.41) is 0. The summed E-state index contributed by atoms with van der Waals surface area (Å²) < 4.78 is 19.9. The number of ether oxygens (including phenoxy) is 1. The molecule has 1 aliphatic carbocycles. The molecule has 17 heavy (non-hydrogen) atoms. The van der Waals surface area contributed by atoms with E-state index in [1.165, 1.54) is 0 Å². The van der Waals surface area contributed by atoms with Gasteiger partial charge < -0.3 is 4.74 Å². The van der Waals surface area contributed by atoms with Gasteiger partial charge in [0.1, 0.15) is 4.88 Å². The normalized spacial score (nSPS) is 21.4. The molecule has 1 fully saturated rings. The summed E-state index contributed by atoms with van der Waals surface area (Å²) in [5.41, 5.74) is -0.718. The molecular weight excluding hydrogens is 377 g/mol. The molecule has 3 nitrogen and oxygen atoms in total. The minimum absolute atomic E-state index is 0.114. The second-order valence-electron chi connectivity index (χ2n) is 4.02. The Morgan fingerprint density at radius 3 is 2.53 bits per heavy atom. The molecule has 2 heterocycles. The predicted octanol–water partition coefficient (Wildman–Crippen LogP) is 3.64. The van der Waals surface area contributed by atoms with Gasteiger partial charge in [-0.05, 0) is 51.1 Å². The van der Waals surface area contributed by atoms with Gasteiger partial charge in [-0.3, -0.25) is 0 Å². The van der Waals surface area contributed by atoms with E-state index >= 15 is 0 Å². The lowest BCUT2D eigenvalue weighted by molar-refractivity contribution is -0.141. The maximum Gasteiger partial charge on any atom is 0.340 e. The molecule has 3 rings (SSSR count). The van der Waals surface area contributed by atoms with Crippen LogP contribution in [0.15, 0.2) is 13.3 Å². The summed E-state index contributed by atoms with van der Waals surface area (Å²) in [6.45, 7) is 0. The Morgan fingerprint density at radius 1 is 1.41 bits per heavy atom. The molecule has 0 bridgehead atoms. The first-order chi connectivity index (χ1) is 8.03. The van der Waals surface area contributed by atoms with Crippen LogP contribution in [0.2, 0.25) is 0 Å². The highest BCUT2D eigenvalue weighted by molar-refractivity contribution is 9.13. The van der Waals surface area contributed by atoms with E-state index in [-0.39, 0.29) is 16.7 Å². The zero-order valence-electron chi connectivity index (χ0n) is 8.43. The molecule has 0 N–H and O–H groups in total. The second-order valence-corrected chi connectivity index (χ2v) is 7.16. The lowest BCUT2D eigenvalue weighted by Gasteiger charge is -2.30. The highest BCUT2D eigenvalue weighted by atomic mass is 79.9. The molecule has 1 aliphatic heterocycles. The maximum absolute atomic E-state index is 13.8. The average molecular weight is 383 g/mol. The third-order valence-electron chi connectivity index (χ3n) is 3.02. The fourth-order valence-corrected chi connectivity index (χ4v) is 3.83. The number of cyclic esters (lactones) is 1. The Hall–Kier alpha value is -0.270. The van der Waals surface area contributed by atoms with Crippen molar-refractivity contribution >= 4 is 55.1 Å². The average Bonchev–Trinajstić information content (AvgIpc) is 2.71. The number of nitrogens with zero attached hydrogens (tertiary/aromatic N) is 1. The predicted molar refractivity (Wildman–Crippen MR) is 68.9 cm³/mol. The number of thiophene rings is 1. The Balaban J connectivity index is 2.03. The molecule has 1 aromatic heterocycles. The van der Waals surface area contributed by atoms with E-state index in [0.29, 0.717) is 21.1 Å². The summed E-state index contributed by atoms with van der Waals surface area (Å²) in [6.07, 6.45) is 2.36. The number of aliphatic imine (C=N–C) groups is 1. The smallest absolute Gasteiger partial charge is 0.340 e. The Bertz CT molecular complexity index is 551. The largest absolute Gasteiger partial charge is 0.404 e. The fourth-order valence-electron chi connectivity index (χ4n) is 1.87. The summed E-state index contributed by atoms with van der Waals surface area (Å²) >= 11 is 7.50. The zero-order chi connectivity index (χ0) is 12.2. The molecule has 0 saturated heterocycles. The molecule has 90 valence electrons. The first-order valence-electron chi connectivity index (χ1n) is 4.99. The molecule has 2 aliphatic rings. The second kappa shape index (κ2) is 3.86. The van der Waals surface area contributed by atoms with Gasteiger partial charge in [-0.2, -0.15) is 0 Å². The van der Waals surface area contributed by atoms with Gasteiger partial charge in [0.05, 0.1) is 8.26 Å². The molecule has 0 atom stereocenters. The van der Waals surface area contributed by atoms with Gasteiger partial charge in [0, 0.05) is 0 Å². The van der Waals surface area contributed by atoms with E-state index in [0.717, 1.165) is 17.8 Å². The van der Waals surface area contributed by atoms with Gasteiger partial charge >= 0.3 is 5.97 Å². The summed E-state index contributed by atoms with van der Waals surface area (Å²) in [4.78, 5) is 16.2. The lowest BCUT2D eigenvalue weighted by Crippen LogP contribution is -2.40. The van der Waals surface area contributed by atoms with E-state index in [2.05, 4.69) is 36.9 Å². The first kappa shape index (κ1) is 11.8. The van der Waals surface area contributed by atoms with Gasteiger partial charge in [-0.15, -0.1) is 11.3 Å². The van der Waals surface area contributed by atoms with Crippen LogP contribution in [0.3, 0.4) is 0 Å². The van der Waals surface area contributed by atoms with Crippen molar-refractivity contribution in [3.8, 4) is 0 Å². The highest BCUT2D eigenvalue weighted by Crippen LogP contribution is 2.43. The fraction of sp³-hybridized carbons (Fsp3) is 0.400. The van der Waals surface area contributed by atoms with Crippen molar-refractivity contribution in [2.75, 3.05) is 0 Å². The molecule has 7 heteroatoms. The molecule has 1 aromatic rings. The van der Waals surface area contributed by atoms with Crippen LogP contribution >= 0.6 is 43.2 Å². The van der Waals surface area contributed by atoms with E-state index in [1.807, 2.05) is 0 Å². The van der Waals surface area contributed by atoms with Gasteiger partial charge in [-0.25, -0.2) is 14.2 Å². The Labute approximate surface area is 117 Å². The van der Waals surface area contributed by atoms with Crippen molar-refractivity contribution in [3.63, 3.8) is 0 Å². The SMILES string of the molecule is O=C1OC(c2sc(Br)c(Br)c2F)=NC12CCC2. The topological polar surface area (TPSA) is 38.7 Å². The molecular formula is C10H6Br2FNO2S. The van der Waals surface area contributed by atoms with Gasteiger partial charge in [0.2, 0.25) is 5.90 Å². The van der Waals surface area contributed by atoms with Crippen LogP contribution in [0.4, 0.5) is 4.39 Å². The van der Waals surface area contributed by atoms with E-state index in [9.17, 15) is 9.18 Å². The van der Waals surface area contributed by atoms with Crippen molar-refractivity contribution in [2.24, 2.45) is 4.99 Å².